The molecule has 1 aliphatic carbocycles. The molecule has 2 fully saturated rings. The molecule has 1 amide bonds. The van der Waals surface area contributed by atoms with E-state index in [1.807, 2.05) is 0 Å². The molecule has 1 aliphatic heterocycles. The average molecular weight is 157 g/mol. The Morgan fingerprint density at radius 3 is 2.73 bits per heavy atom. The summed E-state index contributed by atoms with van der Waals surface area (Å²) in [6.45, 7) is -0.0285. The summed E-state index contributed by atoms with van der Waals surface area (Å²) in [5.41, 5.74) is 0. The molecule has 4 heteroatoms. The molecule has 2 rings (SSSR count). The standard InChI is InChI=1S/C7H11NO3/c9-3-5-1-4-2-6(4)8(5)7(10)11/h4-6,9H,1-3H2,(H,10,11)/t4-,5+,6+/m0/s1. The Kier molecular flexibility index (Phi) is 1.32. The smallest absolute Gasteiger partial charge is 0.407 e. The molecular formula is C7H11NO3. The second-order valence-electron chi connectivity index (χ2n) is 3.33. The van der Waals surface area contributed by atoms with E-state index < -0.39 is 6.09 Å². The van der Waals surface area contributed by atoms with Gasteiger partial charge < -0.3 is 10.2 Å². The number of likely N-dealkylation sites (tertiary alicyclic amines) is 1. The van der Waals surface area contributed by atoms with Crippen molar-refractivity contribution in [3.05, 3.63) is 0 Å². The largest absolute Gasteiger partial charge is 0.465 e. The van der Waals surface area contributed by atoms with Crippen molar-refractivity contribution < 1.29 is 15.0 Å². The number of aliphatic hydroxyl groups excluding tert-OH is 1. The summed E-state index contributed by atoms with van der Waals surface area (Å²) in [5.74, 6) is 0.545. The fourth-order valence-corrected chi connectivity index (χ4v) is 2.02. The van der Waals surface area contributed by atoms with Gasteiger partial charge in [0.15, 0.2) is 0 Å². The fourth-order valence-electron chi connectivity index (χ4n) is 2.02. The lowest BCUT2D eigenvalue weighted by molar-refractivity contribution is 0.106. The zero-order valence-corrected chi connectivity index (χ0v) is 6.10. The highest BCUT2D eigenvalue weighted by Gasteiger charge is 2.53. The Hall–Kier alpha value is -0.770. The maximum Gasteiger partial charge on any atom is 0.407 e. The van der Waals surface area contributed by atoms with E-state index in [0.29, 0.717) is 5.92 Å². The molecule has 1 saturated heterocycles. The lowest BCUT2D eigenvalue weighted by Gasteiger charge is -2.22. The number of rotatable bonds is 1. The highest BCUT2D eigenvalue weighted by atomic mass is 16.4. The normalized spacial score (nSPS) is 40.5. The summed E-state index contributed by atoms with van der Waals surface area (Å²) >= 11 is 0. The van der Waals surface area contributed by atoms with Gasteiger partial charge in [0.1, 0.15) is 0 Å². The first kappa shape index (κ1) is 6.91. The molecule has 2 N–H and O–H groups in total. The fraction of sp³-hybridized carbons (Fsp3) is 0.857. The molecule has 11 heavy (non-hydrogen) atoms. The Bertz CT molecular complexity index is 194. The topological polar surface area (TPSA) is 60.8 Å². The SMILES string of the molecule is O=C(O)N1[C@@H](CO)C[C@H]2C[C@H]21. The number of fused-ring (bicyclic) bond motifs is 1. The number of amides is 1. The van der Waals surface area contributed by atoms with Crippen molar-refractivity contribution in [1.29, 1.82) is 0 Å². The molecule has 0 radical (unpaired) electrons. The highest BCUT2D eigenvalue weighted by Crippen LogP contribution is 2.47. The first-order chi connectivity index (χ1) is 5.24. The van der Waals surface area contributed by atoms with Gasteiger partial charge in [0.25, 0.3) is 0 Å². The number of carbonyl (C=O) groups is 1. The van der Waals surface area contributed by atoms with Crippen LogP contribution < -0.4 is 0 Å². The number of carboxylic acid groups (broad SMARTS) is 1. The van der Waals surface area contributed by atoms with E-state index in [4.69, 9.17) is 10.2 Å². The van der Waals surface area contributed by atoms with Gasteiger partial charge in [-0.2, -0.15) is 0 Å². The summed E-state index contributed by atoms with van der Waals surface area (Å²) in [5, 5.41) is 17.5. The molecule has 4 nitrogen and oxygen atoms in total. The lowest BCUT2D eigenvalue weighted by Crippen LogP contribution is -2.39. The molecule has 1 heterocycles. The molecule has 0 aromatic heterocycles. The Labute approximate surface area is 64.4 Å². The molecule has 0 unspecified atom stereocenters. The Morgan fingerprint density at radius 2 is 2.27 bits per heavy atom. The molecular weight excluding hydrogens is 146 g/mol. The number of hydrogen-bond donors (Lipinski definition) is 2. The number of hydrogen-bond acceptors (Lipinski definition) is 2. The van der Waals surface area contributed by atoms with Crippen molar-refractivity contribution in [1.82, 2.24) is 4.90 Å². The van der Waals surface area contributed by atoms with Crippen LogP contribution in [0.1, 0.15) is 12.8 Å². The van der Waals surface area contributed by atoms with Crippen molar-refractivity contribution in [3.8, 4) is 0 Å². The molecule has 3 atom stereocenters. The summed E-state index contributed by atoms with van der Waals surface area (Å²) in [6.07, 6.45) is 0.977. The Balaban J connectivity index is 2.08. The van der Waals surface area contributed by atoms with E-state index in [9.17, 15) is 4.79 Å². The minimum atomic E-state index is -0.881. The van der Waals surface area contributed by atoms with Gasteiger partial charge in [-0.15, -0.1) is 0 Å². The van der Waals surface area contributed by atoms with E-state index in [1.54, 1.807) is 0 Å². The lowest BCUT2D eigenvalue weighted by atomic mass is 10.2. The molecule has 0 aromatic rings. The molecule has 0 bridgehead atoms. The second-order valence-corrected chi connectivity index (χ2v) is 3.33. The Morgan fingerprint density at radius 1 is 1.55 bits per heavy atom. The predicted octanol–water partition coefficient (Wildman–Crippen LogP) is 0.119. The minimum Gasteiger partial charge on any atom is -0.465 e. The zero-order valence-electron chi connectivity index (χ0n) is 6.10. The number of nitrogens with zero attached hydrogens (tertiary/aromatic N) is 1. The van der Waals surface area contributed by atoms with Crippen molar-refractivity contribution in [3.63, 3.8) is 0 Å². The van der Waals surface area contributed by atoms with Gasteiger partial charge in [-0.1, -0.05) is 0 Å². The van der Waals surface area contributed by atoms with Crippen LogP contribution in [0.2, 0.25) is 0 Å². The van der Waals surface area contributed by atoms with Crippen LogP contribution in [0, 0.1) is 5.92 Å². The van der Waals surface area contributed by atoms with Crippen molar-refractivity contribution in [2.24, 2.45) is 5.92 Å². The van der Waals surface area contributed by atoms with Crippen LogP contribution in [0.3, 0.4) is 0 Å². The summed E-state index contributed by atoms with van der Waals surface area (Å²) < 4.78 is 0. The maximum atomic E-state index is 10.6. The summed E-state index contributed by atoms with van der Waals surface area (Å²) in [4.78, 5) is 12.0. The third-order valence-electron chi connectivity index (χ3n) is 2.64. The van der Waals surface area contributed by atoms with Crippen LogP contribution in [-0.2, 0) is 0 Å². The van der Waals surface area contributed by atoms with E-state index in [0.717, 1.165) is 12.8 Å². The van der Waals surface area contributed by atoms with Crippen LogP contribution in [0.15, 0.2) is 0 Å². The van der Waals surface area contributed by atoms with Gasteiger partial charge in [-0.25, -0.2) is 4.79 Å². The third kappa shape index (κ3) is 0.894. The predicted molar refractivity (Wildman–Crippen MR) is 37.2 cm³/mol. The molecule has 0 aromatic carbocycles. The number of piperidine rings is 1. The van der Waals surface area contributed by atoms with Crippen LogP contribution in [0.25, 0.3) is 0 Å². The quantitative estimate of drug-likeness (QED) is 0.568. The second kappa shape index (κ2) is 2.11. The van der Waals surface area contributed by atoms with E-state index in [2.05, 4.69) is 0 Å². The third-order valence-corrected chi connectivity index (χ3v) is 2.64. The minimum absolute atomic E-state index is 0.0285. The zero-order chi connectivity index (χ0) is 8.01. The van der Waals surface area contributed by atoms with Gasteiger partial charge >= 0.3 is 6.09 Å². The molecule has 0 spiro atoms. The molecule has 1 saturated carbocycles. The van der Waals surface area contributed by atoms with Gasteiger partial charge in [0.2, 0.25) is 0 Å². The molecule has 2 aliphatic rings. The van der Waals surface area contributed by atoms with Gasteiger partial charge in [-0.05, 0) is 18.8 Å². The van der Waals surface area contributed by atoms with Crippen LogP contribution in [0.4, 0.5) is 4.79 Å². The van der Waals surface area contributed by atoms with Crippen LogP contribution in [0.5, 0.6) is 0 Å². The van der Waals surface area contributed by atoms with Crippen molar-refractivity contribution in [2.75, 3.05) is 6.61 Å². The van der Waals surface area contributed by atoms with Crippen LogP contribution >= 0.6 is 0 Å². The van der Waals surface area contributed by atoms with Gasteiger partial charge in [0, 0.05) is 6.04 Å². The monoisotopic (exact) mass is 157 g/mol. The van der Waals surface area contributed by atoms with Crippen molar-refractivity contribution in [2.45, 2.75) is 24.9 Å². The first-order valence-corrected chi connectivity index (χ1v) is 3.86. The number of aliphatic hydroxyl groups is 1. The van der Waals surface area contributed by atoms with E-state index in [1.165, 1.54) is 4.90 Å². The van der Waals surface area contributed by atoms with Crippen molar-refractivity contribution >= 4 is 6.09 Å². The summed E-state index contributed by atoms with van der Waals surface area (Å²) in [7, 11) is 0. The van der Waals surface area contributed by atoms with Gasteiger partial charge in [-0.3, -0.25) is 4.90 Å². The van der Waals surface area contributed by atoms with E-state index >= 15 is 0 Å². The first-order valence-electron chi connectivity index (χ1n) is 3.86. The molecule has 62 valence electrons. The highest BCUT2D eigenvalue weighted by molar-refractivity contribution is 5.67. The van der Waals surface area contributed by atoms with E-state index in [-0.39, 0.29) is 18.7 Å². The maximum absolute atomic E-state index is 10.6. The van der Waals surface area contributed by atoms with Gasteiger partial charge in [0.05, 0.1) is 12.6 Å². The summed E-state index contributed by atoms with van der Waals surface area (Å²) in [6, 6.07) is 0.0981. The average Bonchev–Trinajstić information content (AvgIpc) is 2.61. The van der Waals surface area contributed by atoms with Crippen LogP contribution in [-0.4, -0.2) is 39.9 Å².